The molecule has 0 spiro atoms. The zero-order valence-corrected chi connectivity index (χ0v) is 14.8. The number of aliphatic imine (C=N–C) groups is 1. The van der Waals surface area contributed by atoms with Crippen LogP contribution in [0.3, 0.4) is 0 Å². The highest BCUT2D eigenvalue weighted by atomic mass is 16.1. The van der Waals surface area contributed by atoms with Crippen molar-refractivity contribution >= 4 is 11.9 Å². The van der Waals surface area contributed by atoms with Gasteiger partial charge in [-0.2, -0.15) is 5.10 Å². The Hall–Kier alpha value is -2.05. The number of carbonyl (C=O) groups is 1. The first-order valence-electron chi connectivity index (χ1n) is 8.87. The highest BCUT2D eigenvalue weighted by molar-refractivity contribution is 5.80. The Morgan fingerprint density at radius 2 is 2.38 bits per heavy atom. The number of primary amides is 1. The summed E-state index contributed by atoms with van der Waals surface area (Å²) in [6, 6.07) is 1.94. The van der Waals surface area contributed by atoms with E-state index in [1.54, 1.807) is 6.20 Å². The van der Waals surface area contributed by atoms with Gasteiger partial charge in [0.1, 0.15) is 0 Å². The van der Waals surface area contributed by atoms with Crippen LogP contribution < -0.4 is 11.1 Å². The number of hydrogen-bond donors (Lipinski definition) is 2. The number of nitrogens with two attached hydrogens (primary N) is 1. The number of piperidine rings is 1. The third-order valence-electron chi connectivity index (χ3n) is 4.25. The van der Waals surface area contributed by atoms with Gasteiger partial charge in [0.15, 0.2) is 5.96 Å². The molecule has 3 N–H and O–H groups in total. The summed E-state index contributed by atoms with van der Waals surface area (Å²) in [7, 11) is 0. The molecule has 1 fully saturated rings. The molecule has 7 nitrogen and oxygen atoms in total. The van der Waals surface area contributed by atoms with Crippen molar-refractivity contribution in [1.29, 1.82) is 0 Å². The molecule has 1 aromatic heterocycles. The SMILES string of the molecule is CCNC(=NCC(C)Cn1cccn1)N1CCCC(CC(N)=O)C1. The third kappa shape index (κ3) is 5.86. The van der Waals surface area contributed by atoms with Crippen LogP contribution in [0.1, 0.15) is 33.1 Å². The molecule has 24 heavy (non-hydrogen) atoms. The molecule has 1 aromatic rings. The quantitative estimate of drug-likeness (QED) is 0.577. The fourth-order valence-corrected chi connectivity index (χ4v) is 3.16. The summed E-state index contributed by atoms with van der Waals surface area (Å²) in [6.45, 7) is 8.54. The van der Waals surface area contributed by atoms with Crippen LogP contribution in [-0.4, -0.2) is 52.7 Å². The van der Waals surface area contributed by atoms with Gasteiger partial charge >= 0.3 is 0 Å². The maximum atomic E-state index is 11.2. The van der Waals surface area contributed by atoms with Crippen molar-refractivity contribution in [3.05, 3.63) is 18.5 Å². The van der Waals surface area contributed by atoms with Gasteiger partial charge in [0.05, 0.1) is 0 Å². The lowest BCUT2D eigenvalue weighted by Crippen LogP contribution is -2.47. The normalized spacial score (nSPS) is 20.0. The molecule has 0 radical (unpaired) electrons. The van der Waals surface area contributed by atoms with Crippen LogP contribution in [0.4, 0.5) is 0 Å². The lowest BCUT2D eigenvalue weighted by molar-refractivity contribution is -0.119. The molecule has 0 aromatic carbocycles. The number of rotatable bonds is 7. The smallest absolute Gasteiger partial charge is 0.217 e. The second-order valence-electron chi connectivity index (χ2n) is 6.65. The molecule has 2 atom stereocenters. The zero-order valence-electron chi connectivity index (χ0n) is 14.8. The summed E-state index contributed by atoms with van der Waals surface area (Å²) >= 11 is 0. The number of guanidine groups is 1. The monoisotopic (exact) mass is 334 g/mol. The van der Waals surface area contributed by atoms with E-state index >= 15 is 0 Å². The van der Waals surface area contributed by atoms with Gasteiger partial charge in [-0.15, -0.1) is 0 Å². The van der Waals surface area contributed by atoms with Crippen LogP contribution >= 0.6 is 0 Å². The molecule has 1 aliphatic heterocycles. The molecule has 1 aliphatic rings. The average Bonchev–Trinajstić information content (AvgIpc) is 3.04. The molecule has 2 rings (SSSR count). The third-order valence-corrected chi connectivity index (χ3v) is 4.25. The van der Waals surface area contributed by atoms with Gasteiger partial charge < -0.3 is 16.0 Å². The lowest BCUT2D eigenvalue weighted by Gasteiger charge is -2.34. The number of carbonyl (C=O) groups excluding carboxylic acids is 1. The highest BCUT2D eigenvalue weighted by Crippen LogP contribution is 2.19. The van der Waals surface area contributed by atoms with E-state index in [0.717, 1.165) is 51.5 Å². The number of hydrogen-bond acceptors (Lipinski definition) is 3. The fourth-order valence-electron chi connectivity index (χ4n) is 3.16. The standard InChI is InChI=1S/C17H30N6O/c1-3-19-17(20-11-14(2)12-23-9-5-7-21-23)22-8-4-6-15(13-22)10-16(18)24/h5,7,9,14-15H,3-4,6,8,10-13H2,1-2H3,(H2,18,24)(H,19,20). The lowest BCUT2D eigenvalue weighted by atomic mass is 9.95. The molecule has 1 saturated heterocycles. The minimum absolute atomic E-state index is 0.211. The van der Waals surface area contributed by atoms with E-state index in [9.17, 15) is 4.79 Å². The van der Waals surface area contributed by atoms with Crippen molar-refractivity contribution in [3.63, 3.8) is 0 Å². The van der Waals surface area contributed by atoms with Crippen LogP contribution in [0.5, 0.6) is 0 Å². The molecular formula is C17H30N6O. The van der Waals surface area contributed by atoms with E-state index in [0.29, 0.717) is 18.3 Å². The van der Waals surface area contributed by atoms with Crippen LogP contribution in [-0.2, 0) is 11.3 Å². The van der Waals surface area contributed by atoms with E-state index < -0.39 is 0 Å². The number of nitrogens with one attached hydrogen (secondary N) is 1. The predicted molar refractivity (Wildman–Crippen MR) is 95.5 cm³/mol. The Labute approximate surface area is 144 Å². The summed E-state index contributed by atoms with van der Waals surface area (Å²) in [5, 5.41) is 7.62. The maximum absolute atomic E-state index is 11.2. The maximum Gasteiger partial charge on any atom is 0.217 e. The number of amides is 1. The predicted octanol–water partition coefficient (Wildman–Crippen LogP) is 1.07. The largest absolute Gasteiger partial charge is 0.370 e. The Morgan fingerprint density at radius 1 is 1.54 bits per heavy atom. The average molecular weight is 334 g/mol. The van der Waals surface area contributed by atoms with Crippen molar-refractivity contribution < 1.29 is 4.79 Å². The van der Waals surface area contributed by atoms with Crippen molar-refractivity contribution in [1.82, 2.24) is 20.0 Å². The molecule has 2 unspecified atom stereocenters. The fraction of sp³-hybridized carbons (Fsp3) is 0.706. The Balaban J connectivity index is 1.92. The molecular weight excluding hydrogens is 304 g/mol. The van der Waals surface area contributed by atoms with Crippen LogP contribution in [0.15, 0.2) is 23.5 Å². The summed E-state index contributed by atoms with van der Waals surface area (Å²) in [5.74, 6) is 1.47. The molecule has 0 saturated carbocycles. The van der Waals surface area contributed by atoms with Crippen LogP contribution in [0.2, 0.25) is 0 Å². The van der Waals surface area contributed by atoms with Gasteiger partial charge in [0.2, 0.25) is 5.91 Å². The van der Waals surface area contributed by atoms with Gasteiger partial charge in [0.25, 0.3) is 0 Å². The molecule has 1 amide bonds. The summed E-state index contributed by atoms with van der Waals surface area (Å²) in [5.41, 5.74) is 5.35. The first kappa shape index (κ1) is 18.3. The number of likely N-dealkylation sites (tertiary alicyclic amines) is 1. The van der Waals surface area contributed by atoms with E-state index in [1.165, 1.54) is 0 Å². The first-order valence-corrected chi connectivity index (χ1v) is 8.87. The Kier molecular flexibility index (Phi) is 7.08. The van der Waals surface area contributed by atoms with Crippen LogP contribution in [0, 0.1) is 11.8 Å². The van der Waals surface area contributed by atoms with Crippen molar-refractivity contribution in [2.45, 2.75) is 39.7 Å². The molecule has 2 heterocycles. The number of nitrogens with zero attached hydrogens (tertiary/aromatic N) is 4. The Morgan fingerprint density at radius 3 is 3.04 bits per heavy atom. The van der Waals surface area contributed by atoms with Crippen LogP contribution in [0.25, 0.3) is 0 Å². The van der Waals surface area contributed by atoms with Crippen molar-refractivity contribution in [2.24, 2.45) is 22.6 Å². The van der Waals surface area contributed by atoms with Crippen molar-refractivity contribution in [3.8, 4) is 0 Å². The van der Waals surface area contributed by atoms with Gasteiger partial charge in [-0.05, 0) is 37.7 Å². The summed E-state index contributed by atoms with van der Waals surface area (Å²) in [6.07, 6.45) is 6.38. The topological polar surface area (TPSA) is 88.5 Å². The van der Waals surface area contributed by atoms with E-state index in [4.69, 9.17) is 10.7 Å². The van der Waals surface area contributed by atoms with Crippen molar-refractivity contribution in [2.75, 3.05) is 26.2 Å². The van der Waals surface area contributed by atoms with E-state index in [-0.39, 0.29) is 5.91 Å². The van der Waals surface area contributed by atoms with Gasteiger partial charge in [0, 0.05) is 51.5 Å². The first-order chi connectivity index (χ1) is 11.6. The molecule has 0 aliphatic carbocycles. The summed E-state index contributed by atoms with van der Waals surface area (Å²) < 4.78 is 1.94. The minimum Gasteiger partial charge on any atom is -0.370 e. The zero-order chi connectivity index (χ0) is 17.4. The molecule has 7 heteroatoms. The highest BCUT2D eigenvalue weighted by Gasteiger charge is 2.23. The molecule has 0 bridgehead atoms. The van der Waals surface area contributed by atoms with E-state index in [2.05, 4.69) is 29.2 Å². The van der Waals surface area contributed by atoms with Gasteiger partial charge in [-0.1, -0.05) is 6.92 Å². The Bertz CT molecular complexity index is 527. The minimum atomic E-state index is -0.211. The second-order valence-corrected chi connectivity index (χ2v) is 6.65. The van der Waals surface area contributed by atoms with Gasteiger partial charge in [-0.3, -0.25) is 14.5 Å². The molecule has 134 valence electrons. The number of aromatic nitrogens is 2. The summed E-state index contributed by atoms with van der Waals surface area (Å²) in [4.78, 5) is 18.3. The van der Waals surface area contributed by atoms with E-state index in [1.807, 2.05) is 16.9 Å². The second kappa shape index (κ2) is 9.30. The van der Waals surface area contributed by atoms with Gasteiger partial charge in [-0.25, -0.2) is 0 Å².